The summed E-state index contributed by atoms with van der Waals surface area (Å²) in [4.78, 5) is 12.1. The smallest absolute Gasteiger partial charge is 0.232 e. The van der Waals surface area contributed by atoms with Gasteiger partial charge in [-0.05, 0) is 36.8 Å². The Labute approximate surface area is 156 Å². The SMILES string of the molecule is COc1ccc(C)cc1N(CCC(=O)Nc1ccc(F)cc1F)S(C)(=O)=O. The van der Waals surface area contributed by atoms with Crippen LogP contribution in [0.25, 0.3) is 0 Å². The monoisotopic (exact) mass is 398 g/mol. The molecule has 0 fully saturated rings. The van der Waals surface area contributed by atoms with Crippen LogP contribution in [0.3, 0.4) is 0 Å². The zero-order valence-electron chi connectivity index (χ0n) is 15.1. The molecule has 2 aromatic carbocycles. The van der Waals surface area contributed by atoms with Gasteiger partial charge in [0, 0.05) is 19.0 Å². The molecule has 1 N–H and O–H groups in total. The Morgan fingerprint density at radius 1 is 1.19 bits per heavy atom. The number of amides is 1. The molecule has 1 amide bonds. The molecule has 0 radical (unpaired) electrons. The average Bonchev–Trinajstić information content (AvgIpc) is 2.56. The molecule has 0 aliphatic rings. The van der Waals surface area contributed by atoms with Crippen LogP contribution >= 0.6 is 0 Å². The molecule has 0 spiro atoms. The van der Waals surface area contributed by atoms with Crippen LogP contribution in [-0.2, 0) is 14.8 Å². The molecule has 0 saturated carbocycles. The van der Waals surface area contributed by atoms with Crippen molar-refractivity contribution < 1.29 is 26.7 Å². The second-order valence-corrected chi connectivity index (χ2v) is 7.84. The molecule has 0 heterocycles. The summed E-state index contributed by atoms with van der Waals surface area (Å²) >= 11 is 0. The van der Waals surface area contributed by atoms with E-state index < -0.39 is 27.6 Å². The van der Waals surface area contributed by atoms with Crippen molar-refractivity contribution >= 4 is 27.3 Å². The highest BCUT2D eigenvalue weighted by atomic mass is 32.2. The second kappa shape index (κ2) is 8.34. The Balaban J connectivity index is 2.18. The fourth-order valence-corrected chi connectivity index (χ4v) is 3.39. The third-order valence-electron chi connectivity index (χ3n) is 3.75. The maximum atomic E-state index is 13.6. The van der Waals surface area contributed by atoms with E-state index in [9.17, 15) is 22.0 Å². The predicted molar refractivity (Wildman–Crippen MR) is 99.5 cm³/mol. The van der Waals surface area contributed by atoms with Gasteiger partial charge < -0.3 is 10.1 Å². The van der Waals surface area contributed by atoms with Gasteiger partial charge in [-0.3, -0.25) is 9.10 Å². The number of halogens is 2. The highest BCUT2D eigenvalue weighted by molar-refractivity contribution is 7.92. The van der Waals surface area contributed by atoms with Crippen molar-refractivity contribution in [1.29, 1.82) is 0 Å². The number of rotatable bonds is 7. The largest absolute Gasteiger partial charge is 0.495 e. The van der Waals surface area contributed by atoms with Gasteiger partial charge in [0.1, 0.15) is 17.4 Å². The number of ether oxygens (including phenoxy) is 1. The summed E-state index contributed by atoms with van der Waals surface area (Å²) in [5.41, 5.74) is 0.943. The summed E-state index contributed by atoms with van der Waals surface area (Å²) in [6.07, 6.45) is 0.785. The molecular formula is C18H20F2N2O4S. The lowest BCUT2D eigenvalue weighted by atomic mass is 10.2. The summed E-state index contributed by atoms with van der Waals surface area (Å²) in [5, 5.41) is 2.30. The summed E-state index contributed by atoms with van der Waals surface area (Å²) in [5.74, 6) is -1.94. The van der Waals surface area contributed by atoms with Gasteiger partial charge in [0.05, 0.1) is 24.7 Å². The Bertz CT molecular complexity index is 948. The van der Waals surface area contributed by atoms with E-state index in [0.717, 1.165) is 28.3 Å². The first-order chi connectivity index (χ1) is 12.6. The second-order valence-electron chi connectivity index (χ2n) is 5.93. The van der Waals surface area contributed by atoms with Crippen molar-refractivity contribution in [3.05, 3.63) is 53.6 Å². The number of aryl methyl sites for hydroxylation is 1. The number of benzene rings is 2. The van der Waals surface area contributed by atoms with Crippen molar-refractivity contribution in [2.24, 2.45) is 0 Å². The van der Waals surface area contributed by atoms with Gasteiger partial charge in [0.15, 0.2) is 0 Å². The highest BCUT2D eigenvalue weighted by Gasteiger charge is 2.22. The van der Waals surface area contributed by atoms with Crippen LogP contribution in [-0.4, -0.2) is 34.2 Å². The van der Waals surface area contributed by atoms with E-state index in [0.29, 0.717) is 17.5 Å². The van der Waals surface area contributed by atoms with E-state index in [1.807, 2.05) is 0 Å². The number of nitrogens with zero attached hydrogens (tertiary/aromatic N) is 1. The van der Waals surface area contributed by atoms with Crippen LogP contribution in [0.4, 0.5) is 20.2 Å². The Morgan fingerprint density at radius 2 is 1.89 bits per heavy atom. The Kier molecular flexibility index (Phi) is 6.37. The maximum Gasteiger partial charge on any atom is 0.232 e. The van der Waals surface area contributed by atoms with Gasteiger partial charge in [0.25, 0.3) is 0 Å². The van der Waals surface area contributed by atoms with Gasteiger partial charge in [0.2, 0.25) is 15.9 Å². The van der Waals surface area contributed by atoms with Crippen molar-refractivity contribution in [1.82, 2.24) is 0 Å². The van der Waals surface area contributed by atoms with Crippen LogP contribution in [0.1, 0.15) is 12.0 Å². The van der Waals surface area contributed by atoms with Gasteiger partial charge in [-0.1, -0.05) is 6.07 Å². The van der Waals surface area contributed by atoms with Crippen LogP contribution in [0.15, 0.2) is 36.4 Å². The summed E-state index contributed by atoms with van der Waals surface area (Å²) in [6.45, 7) is 1.63. The Morgan fingerprint density at radius 3 is 2.48 bits per heavy atom. The predicted octanol–water partition coefficient (Wildman–Crippen LogP) is 3.08. The number of hydrogen-bond donors (Lipinski definition) is 1. The molecule has 27 heavy (non-hydrogen) atoms. The van der Waals surface area contributed by atoms with E-state index in [2.05, 4.69) is 5.32 Å². The maximum absolute atomic E-state index is 13.6. The number of sulfonamides is 1. The minimum atomic E-state index is -3.70. The van der Waals surface area contributed by atoms with Gasteiger partial charge in [-0.25, -0.2) is 17.2 Å². The number of anilines is 2. The number of carbonyl (C=O) groups is 1. The third kappa shape index (κ3) is 5.40. The molecule has 0 aliphatic heterocycles. The first-order valence-corrected chi connectivity index (χ1v) is 9.84. The molecule has 6 nitrogen and oxygen atoms in total. The minimum absolute atomic E-state index is 0.173. The third-order valence-corrected chi connectivity index (χ3v) is 4.93. The van der Waals surface area contributed by atoms with Crippen LogP contribution < -0.4 is 14.4 Å². The molecule has 0 bridgehead atoms. The van der Waals surface area contributed by atoms with Crippen LogP contribution in [0.5, 0.6) is 5.75 Å². The molecule has 0 unspecified atom stereocenters. The fraction of sp³-hybridized carbons (Fsp3) is 0.278. The van der Waals surface area contributed by atoms with Crippen molar-refractivity contribution in [3.8, 4) is 5.75 Å². The number of nitrogens with one attached hydrogen (secondary N) is 1. The summed E-state index contributed by atoms with van der Waals surface area (Å²) in [6, 6.07) is 7.80. The number of methoxy groups -OCH3 is 1. The lowest BCUT2D eigenvalue weighted by molar-refractivity contribution is -0.116. The highest BCUT2D eigenvalue weighted by Crippen LogP contribution is 2.31. The Hall–Kier alpha value is -2.68. The lowest BCUT2D eigenvalue weighted by Gasteiger charge is -2.24. The van der Waals surface area contributed by atoms with Gasteiger partial charge in [-0.15, -0.1) is 0 Å². The quantitative estimate of drug-likeness (QED) is 0.778. The molecule has 2 aromatic rings. The zero-order chi connectivity index (χ0) is 20.2. The van der Waals surface area contributed by atoms with E-state index in [-0.39, 0.29) is 18.7 Å². The van der Waals surface area contributed by atoms with Gasteiger partial charge in [-0.2, -0.15) is 0 Å². The van der Waals surface area contributed by atoms with Crippen LogP contribution in [0.2, 0.25) is 0 Å². The van der Waals surface area contributed by atoms with Crippen LogP contribution in [0, 0.1) is 18.6 Å². The first-order valence-electron chi connectivity index (χ1n) is 7.99. The molecule has 2 rings (SSSR count). The van der Waals surface area contributed by atoms with E-state index in [1.54, 1.807) is 25.1 Å². The number of hydrogen-bond acceptors (Lipinski definition) is 4. The zero-order valence-corrected chi connectivity index (χ0v) is 15.9. The average molecular weight is 398 g/mol. The first kappa shape index (κ1) is 20.6. The van der Waals surface area contributed by atoms with Crippen molar-refractivity contribution in [3.63, 3.8) is 0 Å². The molecule has 0 aromatic heterocycles. The molecular weight excluding hydrogens is 378 g/mol. The topological polar surface area (TPSA) is 75.7 Å². The van der Waals surface area contributed by atoms with Gasteiger partial charge >= 0.3 is 0 Å². The van der Waals surface area contributed by atoms with E-state index >= 15 is 0 Å². The lowest BCUT2D eigenvalue weighted by Crippen LogP contribution is -2.33. The van der Waals surface area contributed by atoms with Crippen molar-refractivity contribution in [2.45, 2.75) is 13.3 Å². The standard InChI is InChI=1S/C18H20F2N2O4S/c1-12-4-7-17(26-2)16(10-12)22(27(3,24)25)9-8-18(23)21-15-6-5-13(19)11-14(15)20/h4-7,10-11H,8-9H2,1-3H3,(H,21,23). The molecule has 9 heteroatoms. The molecule has 0 saturated heterocycles. The van der Waals surface area contributed by atoms with E-state index in [1.165, 1.54) is 7.11 Å². The molecule has 146 valence electrons. The fourth-order valence-electron chi connectivity index (χ4n) is 2.47. The molecule has 0 atom stereocenters. The normalized spacial score (nSPS) is 11.1. The summed E-state index contributed by atoms with van der Waals surface area (Å²) in [7, 11) is -2.28. The van der Waals surface area contributed by atoms with Crippen molar-refractivity contribution in [2.75, 3.05) is 29.5 Å². The summed E-state index contributed by atoms with van der Waals surface area (Å²) < 4.78 is 57.2. The minimum Gasteiger partial charge on any atom is -0.495 e. The molecule has 0 aliphatic carbocycles. The van der Waals surface area contributed by atoms with E-state index in [4.69, 9.17) is 4.74 Å². The number of carbonyl (C=O) groups excluding carboxylic acids is 1.